The molecule has 2 aromatic rings. The lowest BCUT2D eigenvalue weighted by Crippen LogP contribution is -2.21. The van der Waals surface area contributed by atoms with Crippen LogP contribution in [0.25, 0.3) is 6.08 Å². The summed E-state index contributed by atoms with van der Waals surface area (Å²) in [6, 6.07) is 7.00. The lowest BCUT2D eigenvalue weighted by atomic mass is 10.2. The normalized spacial score (nSPS) is 10.8. The molecule has 29 heavy (non-hydrogen) atoms. The standard InChI is InChI=1S/C19H15F4NO5/c1-27-15-9-11(5-7-14(15)29-19(22)23)6-8-17(26)28-10-16(25)24-18-12(20)3-2-4-13(18)21/h2-9,19H,10H2,1H3,(H,24,25)/b8-6+. The highest BCUT2D eigenvalue weighted by molar-refractivity contribution is 5.94. The third-order valence-corrected chi connectivity index (χ3v) is 3.39. The second-order valence-corrected chi connectivity index (χ2v) is 5.37. The molecule has 0 aliphatic heterocycles. The molecular formula is C19H15F4NO5. The van der Waals surface area contributed by atoms with Crippen molar-refractivity contribution in [2.24, 2.45) is 0 Å². The lowest BCUT2D eigenvalue weighted by molar-refractivity contribution is -0.142. The Kier molecular flexibility index (Phi) is 7.58. The Morgan fingerprint density at radius 2 is 1.79 bits per heavy atom. The molecule has 2 rings (SSSR count). The molecule has 0 atom stereocenters. The molecule has 2 aromatic carbocycles. The van der Waals surface area contributed by atoms with E-state index in [4.69, 9.17) is 4.74 Å². The van der Waals surface area contributed by atoms with Crippen LogP contribution in [0.5, 0.6) is 11.5 Å². The minimum absolute atomic E-state index is 0.0205. The number of esters is 1. The fraction of sp³-hybridized carbons (Fsp3) is 0.158. The molecule has 0 fully saturated rings. The predicted octanol–water partition coefficient (Wildman–Crippen LogP) is 3.77. The maximum Gasteiger partial charge on any atom is 0.387 e. The van der Waals surface area contributed by atoms with E-state index in [1.54, 1.807) is 0 Å². The topological polar surface area (TPSA) is 73.9 Å². The van der Waals surface area contributed by atoms with E-state index in [0.29, 0.717) is 5.56 Å². The largest absolute Gasteiger partial charge is 0.493 e. The third-order valence-electron chi connectivity index (χ3n) is 3.39. The second kappa shape index (κ2) is 10.1. The number of anilines is 1. The summed E-state index contributed by atoms with van der Waals surface area (Å²) < 4.78 is 65.4. The molecule has 1 amide bonds. The van der Waals surface area contributed by atoms with Crippen molar-refractivity contribution >= 4 is 23.6 Å². The molecule has 0 unspecified atom stereocenters. The van der Waals surface area contributed by atoms with Crippen molar-refractivity contribution in [2.45, 2.75) is 6.61 Å². The van der Waals surface area contributed by atoms with Crippen LogP contribution in [-0.2, 0) is 14.3 Å². The molecule has 0 spiro atoms. The third kappa shape index (κ3) is 6.52. The average molecular weight is 413 g/mol. The van der Waals surface area contributed by atoms with Gasteiger partial charge in [-0.3, -0.25) is 4.79 Å². The average Bonchev–Trinajstić information content (AvgIpc) is 2.68. The van der Waals surface area contributed by atoms with Crippen LogP contribution < -0.4 is 14.8 Å². The van der Waals surface area contributed by atoms with Gasteiger partial charge in [0.25, 0.3) is 5.91 Å². The molecule has 1 N–H and O–H groups in total. The Morgan fingerprint density at radius 3 is 2.41 bits per heavy atom. The van der Waals surface area contributed by atoms with Crippen LogP contribution in [-0.4, -0.2) is 32.2 Å². The van der Waals surface area contributed by atoms with Gasteiger partial charge in [-0.1, -0.05) is 12.1 Å². The Labute approximate surface area is 162 Å². The van der Waals surface area contributed by atoms with Crippen LogP contribution in [0.2, 0.25) is 0 Å². The Balaban J connectivity index is 1.91. The zero-order chi connectivity index (χ0) is 21.4. The summed E-state index contributed by atoms with van der Waals surface area (Å²) >= 11 is 0. The maximum atomic E-state index is 13.4. The fourth-order valence-corrected chi connectivity index (χ4v) is 2.12. The number of para-hydroxylation sites is 1. The highest BCUT2D eigenvalue weighted by Crippen LogP contribution is 2.29. The smallest absolute Gasteiger partial charge is 0.387 e. The van der Waals surface area contributed by atoms with E-state index in [-0.39, 0.29) is 11.5 Å². The predicted molar refractivity (Wildman–Crippen MR) is 94.6 cm³/mol. The number of methoxy groups -OCH3 is 1. The number of hydrogen-bond donors (Lipinski definition) is 1. The zero-order valence-corrected chi connectivity index (χ0v) is 15.0. The van der Waals surface area contributed by atoms with Crippen LogP contribution in [0.3, 0.4) is 0 Å². The number of alkyl halides is 2. The van der Waals surface area contributed by atoms with Crippen LogP contribution in [0, 0.1) is 11.6 Å². The monoisotopic (exact) mass is 413 g/mol. The van der Waals surface area contributed by atoms with Gasteiger partial charge in [-0.2, -0.15) is 8.78 Å². The number of benzene rings is 2. The summed E-state index contributed by atoms with van der Waals surface area (Å²) in [5.74, 6) is -3.96. The van der Waals surface area contributed by atoms with Gasteiger partial charge in [-0.15, -0.1) is 0 Å². The first-order chi connectivity index (χ1) is 13.8. The minimum atomic E-state index is -3.02. The first kappa shape index (κ1) is 21.7. The molecule has 154 valence electrons. The lowest BCUT2D eigenvalue weighted by Gasteiger charge is -2.10. The van der Waals surface area contributed by atoms with Gasteiger partial charge in [0.1, 0.15) is 17.3 Å². The van der Waals surface area contributed by atoms with Gasteiger partial charge < -0.3 is 19.5 Å². The van der Waals surface area contributed by atoms with E-state index in [9.17, 15) is 27.2 Å². The van der Waals surface area contributed by atoms with Crippen LogP contribution >= 0.6 is 0 Å². The molecular weight excluding hydrogens is 398 g/mol. The summed E-state index contributed by atoms with van der Waals surface area (Å²) in [7, 11) is 1.26. The van der Waals surface area contributed by atoms with Gasteiger partial charge in [0.05, 0.1) is 7.11 Å². The molecule has 0 saturated heterocycles. The first-order valence-electron chi connectivity index (χ1n) is 8.01. The van der Waals surface area contributed by atoms with Crippen molar-refractivity contribution in [1.29, 1.82) is 0 Å². The van der Waals surface area contributed by atoms with Crippen molar-refractivity contribution in [3.8, 4) is 11.5 Å². The van der Waals surface area contributed by atoms with Crippen LogP contribution in [0.1, 0.15) is 5.56 Å². The van der Waals surface area contributed by atoms with Crippen molar-refractivity contribution in [2.75, 3.05) is 19.0 Å². The molecule has 0 aliphatic carbocycles. The SMILES string of the molecule is COc1cc(/C=C/C(=O)OCC(=O)Nc2c(F)cccc2F)ccc1OC(F)F. The van der Waals surface area contributed by atoms with E-state index in [1.807, 2.05) is 5.32 Å². The van der Waals surface area contributed by atoms with Gasteiger partial charge in [-0.25, -0.2) is 13.6 Å². The van der Waals surface area contributed by atoms with Gasteiger partial charge in [0, 0.05) is 6.08 Å². The zero-order valence-electron chi connectivity index (χ0n) is 15.0. The number of carbonyl (C=O) groups is 2. The summed E-state index contributed by atoms with van der Waals surface area (Å²) in [4.78, 5) is 23.3. The molecule has 0 aromatic heterocycles. The maximum absolute atomic E-state index is 13.4. The quantitative estimate of drug-likeness (QED) is 0.405. The van der Waals surface area contributed by atoms with Gasteiger partial charge in [-0.05, 0) is 35.9 Å². The van der Waals surface area contributed by atoms with Gasteiger partial charge >= 0.3 is 12.6 Å². The van der Waals surface area contributed by atoms with Crippen molar-refractivity contribution in [3.63, 3.8) is 0 Å². The number of rotatable bonds is 8. The summed E-state index contributed by atoms with van der Waals surface area (Å²) in [6.07, 6.45) is 2.25. The van der Waals surface area contributed by atoms with E-state index in [0.717, 1.165) is 24.3 Å². The van der Waals surface area contributed by atoms with Crippen molar-refractivity contribution in [3.05, 3.63) is 59.7 Å². The summed E-state index contributed by atoms with van der Waals surface area (Å²) in [5, 5.41) is 1.96. The summed E-state index contributed by atoms with van der Waals surface area (Å²) in [6.45, 7) is -3.80. The minimum Gasteiger partial charge on any atom is -0.493 e. The highest BCUT2D eigenvalue weighted by atomic mass is 19.3. The Morgan fingerprint density at radius 1 is 1.10 bits per heavy atom. The number of amides is 1. The van der Waals surface area contributed by atoms with Crippen LogP contribution in [0.15, 0.2) is 42.5 Å². The molecule has 0 bridgehead atoms. The number of halogens is 4. The highest BCUT2D eigenvalue weighted by Gasteiger charge is 2.13. The number of carbonyl (C=O) groups excluding carboxylic acids is 2. The molecule has 0 heterocycles. The van der Waals surface area contributed by atoms with Crippen molar-refractivity contribution < 1.29 is 41.4 Å². The van der Waals surface area contributed by atoms with Crippen LogP contribution in [0.4, 0.5) is 23.2 Å². The molecule has 10 heteroatoms. The molecule has 0 aliphatic rings. The van der Waals surface area contributed by atoms with E-state index in [1.165, 1.54) is 31.4 Å². The summed E-state index contributed by atoms with van der Waals surface area (Å²) in [5.41, 5.74) is -0.249. The van der Waals surface area contributed by atoms with E-state index < -0.39 is 42.4 Å². The Hall–Kier alpha value is -3.56. The van der Waals surface area contributed by atoms with Gasteiger partial charge in [0.2, 0.25) is 0 Å². The van der Waals surface area contributed by atoms with Crippen molar-refractivity contribution in [1.82, 2.24) is 0 Å². The second-order valence-electron chi connectivity index (χ2n) is 5.37. The van der Waals surface area contributed by atoms with E-state index >= 15 is 0 Å². The fourth-order valence-electron chi connectivity index (χ4n) is 2.12. The molecule has 6 nitrogen and oxygen atoms in total. The molecule has 0 saturated carbocycles. The first-order valence-corrected chi connectivity index (χ1v) is 8.01. The van der Waals surface area contributed by atoms with E-state index in [2.05, 4.69) is 9.47 Å². The number of hydrogen-bond acceptors (Lipinski definition) is 5. The van der Waals surface area contributed by atoms with Gasteiger partial charge in [0.15, 0.2) is 18.1 Å². The molecule has 0 radical (unpaired) electrons. The number of ether oxygens (including phenoxy) is 3. The number of nitrogens with one attached hydrogen (secondary N) is 1. The Bertz CT molecular complexity index is 897.